The van der Waals surface area contributed by atoms with E-state index in [0.29, 0.717) is 11.1 Å². The van der Waals surface area contributed by atoms with E-state index in [9.17, 15) is 31.1 Å². The summed E-state index contributed by atoms with van der Waals surface area (Å²) in [6.45, 7) is 0. The first-order valence-corrected chi connectivity index (χ1v) is 8.36. The van der Waals surface area contributed by atoms with Gasteiger partial charge in [-0.3, -0.25) is 14.8 Å². The molecular weight excluding hydrogens is 410 g/mol. The van der Waals surface area contributed by atoms with Gasteiger partial charge < -0.3 is 0 Å². The molecule has 0 N–H and O–H groups in total. The molecule has 2 heterocycles. The van der Waals surface area contributed by atoms with E-state index in [2.05, 4.69) is 9.97 Å². The van der Waals surface area contributed by atoms with Crippen molar-refractivity contribution in [3.8, 4) is 0 Å². The van der Waals surface area contributed by atoms with Gasteiger partial charge in [0.05, 0.1) is 0 Å². The van der Waals surface area contributed by atoms with Crippen molar-refractivity contribution in [2.24, 2.45) is 0 Å². The number of nitrogens with zero attached hydrogens (tertiary/aromatic N) is 2. The standard InChI is InChI=1S/C21H14F6N2O/c22-20(23,24)18-11-9-15(13-28-18)5-1-3-7-17(30)8-4-2-6-16-10-12-19(29-14-16)21(25,26)27/h1-14H/b5-1+,6-2+,7-3+,8-4+. The van der Waals surface area contributed by atoms with Crippen molar-refractivity contribution in [3.05, 3.63) is 95.6 Å². The monoisotopic (exact) mass is 424 g/mol. The minimum Gasteiger partial charge on any atom is -0.290 e. The molecule has 0 saturated heterocycles. The van der Waals surface area contributed by atoms with E-state index in [0.717, 1.165) is 24.5 Å². The second-order valence-electron chi connectivity index (χ2n) is 5.79. The van der Waals surface area contributed by atoms with Crippen molar-refractivity contribution in [3.63, 3.8) is 0 Å². The molecule has 2 aromatic heterocycles. The van der Waals surface area contributed by atoms with Gasteiger partial charge in [-0.1, -0.05) is 48.6 Å². The number of allylic oxidation sites excluding steroid dienone is 6. The van der Waals surface area contributed by atoms with Crippen LogP contribution < -0.4 is 0 Å². The summed E-state index contributed by atoms with van der Waals surface area (Å²) in [5, 5.41) is 0. The number of aromatic nitrogens is 2. The Morgan fingerprint density at radius 2 is 1.07 bits per heavy atom. The summed E-state index contributed by atoms with van der Waals surface area (Å²) in [5.74, 6) is -0.361. The summed E-state index contributed by atoms with van der Waals surface area (Å²) in [5.41, 5.74) is -1.11. The highest BCUT2D eigenvalue weighted by Crippen LogP contribution is 2.28. The summed E-state index contributed by atoms with van der Waals surface area (Å²) in [6, 6.07) is 4.22. The van der Waals surface area contributed by atoms with Crippen molar-refractivity contribution in [2.75, 3.05) is 0 Å². The number of alkyl halides is 6. The molecule has 156 valence electrons. The SMILES string of the molecule is O=C(/C=C/C=C/c1ccc(C(F)(F)F)nc1)/C=C/C=C/c1ccc(C(F)(F)F)nc1. The molecule has 0 aliphatic heterocycles. The minimum absolute atomic E-state index is 0.361. The molecule has 9 heteroatoms. The number of ketones is 1. The quantitative estimate of drug-likeness (QED) is 0.328. The van der Waals surface area contributed by atoms with Crippen LogP contribution in [-0.4, -0.2) is 15.8 Å². The van der Waals surface area contributed by atoms with Gasteiger partial charge in [-0.05, 0) is 35.4 Å². The fourth-order valence-corrected chi connectivity index (χ4v) is 2.03. The maximum Gasteiger partial charge on any atom is 0.433 e. The summed E-state index contributed by atoms with van der Waals surface area (Å²) in [7, 11) is 0. The van der Waals surface area contributed by atoms with Crippen LogP contribution >= 0.6 is 0 Å². The molecule has 0 unspecified atom stereocenters. The van der Waals surface area contributed by atoms with E-state index < -0.39 is 23.7 Å². The van der Waals surface area contributed by atoms with E-state index in [1.165, 1.54) is 60.7 Å². The molecule has 0 aliphatic carbocycles. The molecule has 30 heavy (non-hydrogen) atoms. The van der Waals surface area contributed by atoms with E-state index >= 15 is 0 Å². The number of pyridine rings is 2. The van der Waals surface area contributed by atoms with Crippen molar-refractivity contribution >= 4 is 17.9 Å². The highest BCUT2D eigenvalue weighted by molar-refractivity contribution is 5.99. The average Bonchev–Trinajstić information content (AvgIpc) is 2.68. The van der Waals surface area contributed by atoms with Crippen LogP contribution in [0.3, 0.4) is 0 Å². The topological polar surface area (TPSA) is 42.9 Å². The highest BCUT2D eigenvalue weighted by atomic mass is 19.4. The predicted octanol–water partition coefficient (Wildman–Crippen LogP) is 5.92. The van der Waals surface area contributed by atoms with Crippen molar-refractivity contribution in [1.29, 1.82) is 0 Å². The van der Waals surface area contributed by atoms with Crippen LogP contribution in [0.4, 0.5) is 26.3 Å². The Hall–Kier alpha value is -3.49. The lowest BCUT2D eigenvalue weighted by molar-refractivity contribution is -0.142. The van der Waals surface area contributed by atoms with Gasteiger partial charge in [0.25, 0.3) is 0 Å². The Morgan fingerprint density at radius 1 is 0.667 bits per heavy atom. The van der Waals surface area contributed by atoms with Gasteiger partial charge in [0, 0.05) is 12.4 Å². The summed E-state index contributed by atoms with van der Waals surface area (Å²) in [6.07, 6.45) is 4.33. The van der Waals surface area contributed by atoms with Crippen LogP contribution in [-0.2, 0) is 17.1 Å². The molecule has 0 fully saturated rings. The Bertz CT molecular complexity index is 887. The molecule has 0 saturated carbocycles. The molecular formula is C21H14F6N2O. The van der Waals surface area contributed by atoms with Crippen LogP contribution in [0.15, 0.2) is 73.1 Å². The second kappa shape index (κ2) is 9.82. The van der Waals surface area contributed by atoms with Gasteiger partial charge in [0.2, 0.25) is 0 Å². The number of carbonyl (C=O) groups excluding carboxylic acids is 1. The van der Waals surface area contributed by atoms with Crippen LogP contribution in [0.25, 0.3) is 12.2 Å². The summed E-state index contributed by atoms with van der Waals surface area (Å²) >= 11 is 0. The number of rotatable bonds is 6. The Balaban J connectivity index is 1.84. The molecule has 0 radical (unpaired) electrons. The van der Waals surface area contributed by atoms with Gasteiger partial charge in [0.15, 0.2) is 5.78 Å². The van der Waals surface area contributed by atoms with Gasteiger partial charge >= 0.3 is 12.4 Å². The number of halogens is 6. The van der Waals surface area contributed by atoms with Crippen LogP contribution in [0, 0.1) is 0 Å². The molecule has 3 nitrogen and oxygen atoms in total. The Labute approximate surface area is 167 Å². The largest absolute Gasteiger partial charge is 0.433 e. The van der Waals surface area contributed by atoms with Crippen LogP contribution in [0.5, 0.6) is 0 Å². The van der Waals surface area contributed by atoms with Gasteiger partial charge in [0.1, 0.15) is 11.4 Å². The fraction of sp³-hybridized carbons (Fsp3) is 0.0952. The highest BCUT2D eigenvalue weighted by Gasteiger charge is 2.32. The predicted molar refractivity (Wildman–Crippen MR) is 99.8 cm³/mol. The third-order valence-electron chi connectivity index (χ3n) is 3.47. The first-order valence-electron chi connectivity index (χ1n) is 8.36. The zero-order chi connectivity index (χ0) is 22.2. The Morgan fingerprint density at radius 3 is 1.37 bits per heavy atom. The Kier molecular flexibility index (Phi) is 7.46. The van der Waals surface area contributed by atoms with E-state index in [1.54, 1.807) is 0 Å². The molecule has 0 aromatic carbocycles. The lowest BCUT2D eigenvalue weighted by Gasteiger charge is -2.04. The normalized spacial score (nSPS) is 13.3. The van der Waals surface area contributed by atoms with Crippen LogP contribution in [0.1, 0.15) is 22.5 Å². The van der Waals surface area contributed by atoms with E-state index in [1.807, 2.05) is 0 Å². The van der Waals surface area contributed by atoms with Gasteiger partial charge in [-0.25, -0.2) is 0 Å². The van der Waals surface area contributed by atoms with E-state index in [4.69, 9.17) is 0 Å². The van der Waals surface area contributed by atoms with E-state index in [-0.39, 0.29) is 5.78 Å². The second-order valence-corrected chi connectivity index (χ2v) is 5.79. The first kappa shape index (κ1) is 22.8. The molecule has 0 bridgehead atoms. The maximum atomic E-state index is 12.4. The van der Waals surface area contributed by atoms with Crippen molar-refractivity contribution < 1.29 is 31.1 Å². The van der Waals surface area contributed by atoms with Crippen molar-refractivity contribution in [2.45, 2.75) is 12.4 Å². The lowest BCUT2D eigenvalue weighted by atomic mass is 10.2. The molecule has 0 spiro atoms. The van der Waals surface area contributed by atoms with Crippen molar-refractivity contribution in [1.82, 2.24) is 9.97 Å². The smallest absolute Gasteiger partial charge is 0.290 e. The minimum atomic E-state index is -4.50. The molecule has 2 aromatic rings. The number of hydrogen-bond acceptors (Lipinski definition) is 3. The number of carbonyl (C=O) groups is 1. The molecule has 0 amide bonds. The zero-order valence-corrected chi connectivity index (χ0v) is 15.2. The summed E-state index contributed by atoms with van der Waals surface area (Å²) < 4.78 is 74.5. The van der Waals surface area contributed by atoms with Crippen LogP contribution in [0.2, 0.25) is 0 Å². The zero-order valence-electron chi connectivity index (χ0n) is 15.2. The fourth-order valence-electron chi connectivity index (χ4n) is 2.03. The third kappa shape index (κ3) is 7.50. The molecule has 0 aliphatic rings. The third-order valence-corrected chi connectivity index (χ3v) is 3.47. The first-order chi connectivity index (χ1) is 14.1. The molecule has 2 rings (SSSR count). The number of hydrogen-bond donors (Lipinski definition) is 0. The average molecular weight is 424 g/mol. The summed E-state index contributed by atoms with van der Waals surface area (Å²) in [4.78, 5) is 18.3. The molecule has 0 atom stereocenters. The van der Waals surface area contributed by atoms with Gasteiger partial charge in [-0.15, -0.1) is 0 Å². The van der Waals surface area contributed by atoms with Gasteiger partial charge in [-0.2, -0.15) is 26.3 Å². The maximum absolute atomic E-state index is 12.4. The lowest BCUT2D eigenvalue weighted by Crippen LogP contribution is -2.07.